The van der Waals surface area contributed by atoms with E-state index in [0.29, 0.717) is 23.2 Å². The van der Waals surface area contributed by atoms with Crippen LogP contribution in [0.5, 0.6) is 0 Å². The summed E-state index contributed by atoms with van der Waals surface area (Å²) in [5.41, 5.74) is 3.67. The minimum Gasteiger partial charge on any atom is -0.480 e. The van der Waals surface area contributed by atoms with Crippen LogP contribution in [0.4, 0.5) is 5.69 Å². The Hall–Kier alpha value is -3.03. The number of fused-ring (bicyclic) bond motifs is 1. The molecule has 2 aromatic rings. The molecule has 1 heterocycles. The first-order chi connectivity index (χ1) is 14.5. The summed E-state index contributed by atoms with van der Waals surface area (Å²) in [6, 6.07) is 12.0. The lowest BCUT2D eigenvalue weighted by Crippen LogP contribution is -2.55. The molecule has 0 spiro atoms. The standard InChI is InChI=1S/C24H28N2O5/c1-6-24(22(29)30,25-31-23(3,4)5)14-16-10-12-17(13-11-16)26-20(27)18-9-7-8-15(2)19(18)21(26)28/h7-13,25H,6,14H2,1-5H3,(H,29,30)/t24-/m0/s1. The van der Waals surface area contributed by atoms with Crippen LogP contribution in [-0.2, 0) is 16.1 Å². The Morgan fingerprint density at radius 2 is 1.71 bits per heavy atom. The molecule has 0 saturated carbocycles. The normalized spacial score (nSPS) is 15.7. The highest BCUT2D eigenvalue weighted by atomic mass is 16.7. The van der Waals surface area contributed by atoms with Gasteiger partial charge in [-0.3, -0.25) is 19.2 Å². The second-order valence-corrected chi connectivity index (χ2v) is 8.84. The lowest BCUT2D eigenvalue weighted by Gasteiger charge is -2.32. The summed E-state index contributed by atoms with van der Waals surface area (Å²) >= 11 is 0. The molecule has 7 heteroatoms. The highest BCUT2D eigenvalue weighted by Gasteiger charge is 2.40. The van der Waals surface area contributed by atoms with Gasteiger partial charge in [0.15, 0.2) is 0 Å². The quantitative estimate of drug-likeness (QED) is 0.517. The average Bonchev–Trinajstić information content (AvgIpc) is 2.96. The van der Waals surface area contributed by atoms with Gasteiger partial charge in [0.1, 0.15) is 5.54 Å². The van der Waals surface area contributed by atoms with Crippen molar-refractivity contribution in [2.75, 3.05) is 4.90 Å². The largest absolute Gasteiger partial charge is 0.480 e. The molecule has 0 fully saturated rings. The Morgan fingerprint density at radius 1 is 1.06 bits per heavy atom. The molecule has 0 radical (unpaired) electrons. The van der Waals surface area contributed by atoms with Crippen LogP contribution in [-0.4, -0.2) is 34.0 Å². The van der Waals surface area contributed by atoms with E-state index in [2.05, 4.69) is 5.48 Å². The van der Waals surface area contributed by atoms with E-state index in [1.165, 1.54) is 0 Å². The van der Waals surface area contributed by atoms with Crippen molar-refractivity contribution < 1.29 is 24.3 Å². The fourth-order valence-corrected chi connectivity index (χ4v) is 3.55. The van der Waals surface area contributed by atoms with Gasteiger partial charge >= 0.3 is 5.97 Å². The Balaban J connectivity index is 1.84. The van der Waals surface area contributed by atoms with Crippen molar-refractivity contribution >= 4 is 23.5 Å². The second-order valence-electron chi connectivity index (χ2n) is 8.84. The summed E-state index contributed by atoms with van der Waals surface area (Å²) in [6.07, 6.45) is 0.480. The summed E-state index contributed by atoms with van der Waals surface area (Å²) < 4.78 is 0. The van der Waals surface area contributed by atoms with E-state index in [1.807, 2.05) is 20.8 Å². The number of carboxylic acids is 1. The Morgan fingerprint density at radius 3 is 2.23 bits per heavy atom. The number of benzene rings is 2. The first-order valence-electron chi connectivity index (χ1n) is 10.2. The number of hydrogen-bond donors (Lipinski definition) is 2. The van der Waals surface area contributed by atoms with Crippen molar-refractivity contribution in [3.63, 3.8) is 0 Å². The van der Waals surface area contributed by atoms with Gasteiger partial charge in [-0.05, 0) is 63.4 Å². The highest BCUT2D eigenvalue weighted by Crippen LogP contribution is 2.31. The van der Waals surface area contributed by atoms with E-state index in [0.717, 1.165) is 16.0 Å². The predicted octanol–water partition coefficient (Wildman–Crippen LogP) is 3.89. The zero-order valence-corrected chi connectivity index (χ0v) is 18.5. The van der Waals surface area contributed by atoms with Crippen LogP contribution in [0.15, 0.2) is 42.5 Å². The average molecular weight is 424 g/mol. The number of hydrogen-bond acceptors (Lipinski definition) is 5. The number of nitrogens with one attached hydrogen (secondary N) is 1. The van der Waals surface area contributed by atoms with Gasteiger partial charge in [-0.15, -0.1) is 0 Å². The van der Waals surface area contributed by atoms with Crippen molar-refractivity contribution in [3.05, 3.63) is 64.7 Å². The van der Waals surface area contributed by atoms with Gasteiger partial charge in [0, 0.05) is 6.42 Å². The molecule has 0 saturated heterocycles. The summed E-state index contributed by atoms with van der Waals surface area (Å²) in [6.45, 7) is 9.09. The molecular formula is C24H28N2O5. The Bertz CT molecular complexity index is 1020. The van der Waals surface area contributed by atoms with Crippen molar-refractivity contribution in [2.24, 2.45) is 0 Å². The molecule has 3 rings (SSSR count). The number of nitrogens with zero attached hydrogens (tertiary/aromatic N) is 1. The zero-order valence-electron chi connectivity index (χ0n) is 18.5. The molecule has 1 aliphatic heterocycles. The van der Waals surface area contributed by atoms with Crippen LogP contribution in [0.1, 0.15) is 66.0 Å². The van der Waals surface area contributed by atoms with Crippen LogP contribution in [0, 0.1) is 6.92 Å². The third kappa shape index (κ3) is 4.38. The minimum atomic E-state index is -1.30. The van der Waals surface area contributed by atoms with Crippen molar-refractivity contribution in [3.8, 4) is 0 Å². The van der Waals surface area contributed by atoms with Crippen LogP contribution < -0.4 is 10.4 Å². The molecule has 1 aliphatic rings. The van der Waals surface area contributed by atoms with Gasteiger partial charge < -0.3 is 5.11 Å². The van der Waals surface area contributed by atoms with Crippen LogP contribution in [0.2, 0.25) is 0 Å². The third-order valence-electron chi connectivity index (χ3n) is 5.39. The topological polar surface area (TPSA) is 95.9 Å². The maximum atomic E-state index is 12.9. The highest BCUT2D eigenvalue weighted by molar-refractivity contribution is 6.34. The van der Waals surface area contributed by atoms with E-state index < -0.39 is 17.1 Å². The lowest BCUT2D eigenvalue weighted by atomic mass is 9.89. The maximum absolute atomic E-state index is 12.9. The number of rotatable bonds is 7. The molecular weight excluding hydrogens is 396 g/mol. The maximum Gasteiger partial charge on any atom is 0.326 e. The minimum absolute atomic E-state index is 0.177. The van der Waals surface area contributed by atoms with Gasteiger partial charge in [0.05, 0.1) is 22.4 Å². The number of carboxylic acid groups (broad SMARTS) is 1. The third-order valence-corrected chi connectivity index (χ3v) is 5.39. The number of hydroxylamine groups is 1. The van der Waals surface area contributed by atoms with Crippen LogP contribution in [0.25, 0.3) is 0 Å². The second kappa shape index (κ2) is 8.24. The van der Waals surface area contributed by atoms with Crippen molar-refractivity contribution in [1.82, 2.24) is 5.48 Å². The van der Waals surface area contributed by atoms with E-state index in [1.54, 1.807) is 56.3 Å². The summed E-state index contributed by atoms with van der Waals surface area (Å²) in [5, 5.41) is 9.86. The number of amides is 2. The molecule has 0 aromatic heterocycles. The molecule has 164 valence electrons. The first-order valence-corrected chi connectivity index (χ1v) is 10.2. The number of aryl methyl sites for hydroxylation is 1. The first kappa shape index (κ1) is 22.7. The SMILES string of the molecule is CC[C@@](Cc1ccc(N2C(=O)c3cccc(C)c3C2=O)cc1)(NOC(C)(C)C)C(=O)O. The number of carbonyl (C=O) groups excluding carboxylic acids is 2. The van der Waals surface area contributed by atoms with Gasteiger partial charge in [-0.2, -0.15) is 5.48 Å². The number of carbonyl (C=O) groups is 3. The molecule has 31 heavy (non-hydrogen) atoms. The summed E-state index contributed by atoms with van der Waals surface area (Å²) in [4.78, 5) is 44.4. The van der Waals surface area contributed by atoms with E-state index in [-0.39, 0.29) is 18.2 Å². The van der Waals surface area contributed by atoms with Gasteiger partial charge in [0.2, 0.25) is 0 Å². The molecule has 2 amide bonds. The monoisotopic (exact) mass is 424 g/mol. The van der Waals surface area contributed by atoms with Gasteiger partial charge in [-0.1, -0.05) is 31.2 Å². The molecule has 2 N–H and O–H groups in total. The van der Waals surface area contributed by atoms with Crippen molar-refractivity contribution in [2.45, 2.75) is 58.6 Å². The van der Waals surface area contributed by atoms with E-state index in [4.69, 9.17) is 4.84 Å². The van der Waals surface area contributed by atoms with Crippen LogP contribution >= 0.6 is 0 Å². The number of imide groups is 1. The van der Waals surface area contributed by atoms with E-state index >= 15 is 0 Å². The zero-order chi connectivity index (χ0) is 23.0. The Labute approximate surface area is 182 Å². The molecule has 2 aromatic carbocycles. The van der Waals surface area contributed by atoms with Crippen molar-refractivity contribution in [1.29, 1.82) is 0 Å². The molecule has 1 atom stereocenters. The van der Waals surface area contributed by atoms with Gasteiger partial charge in [0.25, 0.3) is 11.8 Å². The smallest absolute Gasteiger partial charge is 0.326 e. The number of aliphatic carboxylic acids is 1. The molecule has 0 aliphatic carbocycles. The molecule has 0 bridgehead atoms. The fourth-order valence-electron chi connectivity index (χ4n) is 3.55. The Kier molecular flexibility index (Phi) is 6.02. The van der Waals surface area contributed by atoms with Gasteiger partial charge in [-0.25, -0.2) is 4.90 Å². The lowest BCUT2D eigenvalue weighted by molar-refractivity contribution is -0.163. The summed E-state index contributed by atoms with van der Waals surface area (Å²) in [5.74, 6) is -1.72. The molecule has 0 unspecified atom stereocenters. The molecule has 7 nitrogen and oxygen atoms in total. The fraction of sp³-hybridized carbons (Fsp3) is 0.375. The number of anilines is 1. The van der Waals surface area contributed by atoms with E-state index in [9.17, 15) is 19.5 Å². The predicted molar refractivity (Wildman–Crippen MR) is 117 cm³/mol. The van der Waals surface area contributed by atoms with Crippen LogP contribution in [0.3, 0.4) is 0 Å². The summed E-state index contributed by atoms with van der Waals surface area (Å²) in [7, 11) is 0.